The summed E-state index contributed by atoms with van der Waals surface area (Å²) in [5, 5.41) is 2.69. The van der Waals surface area contributed by atoms with Gasteiger partial charge in [0.05, 0.1) is 12.4 Å². The minimum absolute atomic E-state index is 0.00140. The van der Waals surface area contributed by atoms with Gasteiger partial charge in [-0.2, -0.15) is 0 Å². The quantitative estimate of drug-likeness (QED) is 0.559. The molecule has 0 aliphatic heterocycles. The van der Waals surface area contributed by atoms with Crippen LogP contribution in [-0.4, -0.2) is 27.4 Å². The lowest BCUT2D eigenvalue weighted by Crippen LogP contribution is -2.27. The Bertz CT molecular complexity index is 1250. The first-order valence-corrected chi connectivity index (χ1v) is 10.9. The molecule has 8 heteroatoms. The number of carbonyl (C=O) groups is 3. The molecule has 3 aromatic rings. The van der Waals surface area contributed by atoms with E-state index in [1.165, 1.54) is 12.1 Å². The molecule has 1 aliphatic rings. The van der Waals surface area contributed by atoms with Gasteiger partial charge in [-0.25, -0.2) is 18.7 Å². The molecule has 0 bridgehead atoms. The Labute approximate surface area is 195 Å². The lowest BCUT2D eigenvalue weighted by Gasteiger charge is -2.17. The molecule has 1 saturated carbocycles. The van der Waals surface area contributed by atoms with Crippen LogP contribution < -0.4 is 5.32 Å². The fourth-order valence-electron chi connectivity index (χ4n) is 4.50. The van der Waals surface area contributed by atoms with Crippen molar-refractivity contribution < 1.29 is 23.2 Å². The van der Waals surface area contributed by atoms with E-state index in [-0.39, 0.29) is 36.9 Å². The first-order chi connectivity index (χ1) is 16.2. The Hall–Kier alpha value is -3.81. The van der Waals surface area contributed by atoms with Crippen molar-refractivity contribution in [2.24, 2.45) is 5.92 Å². The molecule has 1 N–H and O–H groups in total. The fourth-order valence-corrected chi connectivity index (χ4v) is 4.50. The maximum Gasteiger partial charge on any atom is 0.221 e. The van der Waals surface area contributed by atoms with Crippen LogP contribution in [0.2, 0.25) is 0 Å². The van der Waals surface area contributed by atoms with Crippen LogP contribution in [0.3, 0.4) is 0 Å². The van der Waals surface area contributed by atoms with E-state index in [1.807, 2.05) is 0 Å². The summed E-state index contributed by atoms with van der Waals surface area (Å²) in [6, 6.07) is 9.43. The molecule has 0 spiro atoms. The average molecular weight is 463 g/mol. The Kier molecular flexibility index (Phi) is 6.58. The molecule has 6 nitrogen and oxygen atoms in total. The third-order valence-electron chi connectivity index (χ3n) is 6.03. The second-order valence-electron chi connectivity index (χ2n) is 8.56. The Balaban J connectivity index is 1.48. The zero-order chi connectivity index (χ0) is 24.4. The SMILES string of the molecule is Cc1cc(-c2ncc(F)cn2)cc(C)c1C1C(=O)CC(CC(=O)NCc2cccc(F)c2)C1=O. The second kappa shape index (κ2) is 9.59. The van der Waals surface area contributed by atoms with Gasteiger partial charge in [0.25, 0.3) is 0 Å². The Morgan fingerprint density at radius 3 is 2.35 bits per heavy atom. The van der Waals surface area contributed by atoms with Crippen LogP contribution >= 0.6 is 0 Å². The number of aryl methyl sites for hydroxylation is 2. The summed E-state index contributed by atoms with van der Waals surface area (Å²) in [4.78, 5) is 46.4. The van der Waals surface area contributed by atoms with Crippen LogP contribution in [0, 0.1) is 31.4 Å². The van der Waals surface area contributed by atoms with Gasteiger partial charge < -0.3 is 5.32 Å². The number of halogens is 2. The monoisotopic (exact) mass is 463 g/mol. The third kappa shape index (κ3) is 4.90. The van der Waals surface area contributed by atoms with Gasteiger partial charge in [-0.15, -0.1) is 0 Å². The number of hydrogen-bond acceptors (Lipinski definition) is 5. The van der Waals surface area contributed by atoms with Crippen molar-refractivity contribution in [1.29, 1.82) is 0 Å². The number of aromatic nitrogens is 2. The second-order valence-corrected chi connectivity index (χ2v) is 8.56. The maximum atomic E-state index is 13.3. The molecule has 1 heterocycles. The number of rotatable bonds is 6. The first-order valence-electron chi connectivity index (χ1n) is 10.9. The van der Waals surface area contributed by atoms with E-state index in [0.717, 1.165) is 23.5 Å². The lowest BCUT2D eigenvalue weighted by atomic mass is 9.86. The minimum atomic E-state index is -0.927. The number of nitrogens with zero attached hydrogens (tertiary/aromatic N) is 2. The highest BCUT2D eigenvalue weighted by Crippen LogP contribution is 2.38. The zero-order valence-electron chi connectivity index (χ0n) is 18.8. The normalized spacial score (nSPS) is 17.8. The molecular weight excluding hydrogens is 440 g/mol. The molecule has 1 amide bonds. The van der Waals surface area contributed by atoms with Crippen molar-refractivity contribution in [3.05, 3.63) is 82.7 Å². The molecule has 174 valence electrons. The smallest absolute Gasteiger partial charge is 0.221 e. The van der Waals surface area contributed by atoms with Gasteiger partial charge in [0.1, 0.15) is 17.5 Å². The van der Waals surface area contributed by atoms with Crippen LogP contribution in [0.15, 0.2) is 48.8 Å². The van der Waals surface area contributed by atoms with Gasteiger partial charge in [-0.05, 0) is 60.4 Å². The van der Waals surface area contributed by atoms with Crippen LogP contribution in [0.5, 0.6) is 0 Å². The molecule has 0 saturated heterocycles. The molecule has 34 heavy (non-hydrogen) atoms. The number of amides is 1. The number of ketones is 2. The fraction of sp³-hybridized carbons (Fsp3) is 0.269. The van der Waals surface area contributed by atoms with E-state index < -0.39 is 23.5 Å². The van der Waals surface area contributed by atoms with Gasteiger partial charge in [-0.1, -0.05) is 12.1 Å². The van der Waals surface area contributed by atoms with Crippen molar-refractivity contribution in [3.63, 3.8) is 0 Å². The maximum absolute atomic E-state index is 13.3. The molecular formula is C26H23F2N3O3. The van der Waals surface area contributed by atoms with Gasteiger partial charge in [-0.3, -0.25) is 14.4 Å². The summed E-state index contributed by atoms with van der Waals surface area (Å²) in [5.41, 5.74) is 3.35. The number of Topliss-reactive ketones (excluding diaryl/α,β-unsaturated/α-hetero) is 2. The summed E-state index contributed by atoms with van der Waals surface area (Å²) in [6.07, 6.45) is 2.05. The van der Waals surface area contributed by atoms with Crippen LogP contribution in [0.1, 0.15) is 41.0 Å². The van der Waals surface area contributed by atoms with Crippen molar-refractivity contribution in [1.82, 2.24) is 15.3 Å². The average Bonchev–Trinajstić information content (AvgIpc) is 3.05. The third-order valence-corrected chi connectivity index (χ3v) is 6.03. The van der Waals surface area contributed by atoms with Crippen LogP contribution in [0.25, 0.3) is 11.4 Å². The Morgan fingerprint density at radius 1 is 1.03 bits per heavy atom. The molecule has 2 aromatic carbocycles. The first kappa shape index (κ1) is 23.4. The lowest BCUT2D eigenvalue weighted by molar-refractivity contribution is -0.128. The van der Waals surface area contributed by atoms with Crippen molar-refractivity contribution in [2.45, 2.75) is 39.2 Å². The molecule has 0 radical (unpaired) electrons. The van der Waals surface area contributed by atoms with Gasteiger partial charge in [0.15, 0.2) is 17.4 Å². The number of carbonyl (C=O) groups excluding carboxylic acids is 3. The molecule has 1 fully saturated rings. The summed E-state index contributed by atoms with van der Waals surface area (Å²) in [7, 11) is 0. The molecule has 1 aliphatic carbocycles. The summed E-state index contributed by atoms with van der Waals surface area (Å²) in [6.45, 7) is 3.74. The van der Waals surface area contributed by atoms with E-state index in [1.54, 1.807) is 38.1 Å². The van der Waals surface area contributed by atoms with Gasteiger partial charge in [0.2, 0.25) is 5.91 Å². The predicted molar refractivity (Wildman–Crippen MR) is 121 cm³/mol. The molecule has 4 rings (SSSR count). The zero-order valence-corrected chi connectivity index (χ0v) is 18.8. The number of benzene rings is 2. The van der Waals surface area contributed by atoms with E-state index in [2.05, 4.69) is 15.3 Å². The molecule has 2 atom stereocenters. The van der Waals surface area contributed by atoms with Gasteiger partial charge >= 0.3 is 0 Å². The van der Waals surface area contributed by atoms with Crippen LogP contribution in [-0.2, 0) is 20.9 Å². The van der Waals surface area contributed by atoms with Crippen molar-refractivity contribution >= 4 is 17.5 Å². The van der Waals surface area contributed by atoms with Crippen LogP contribution in [0.4, 0.5) is 8.78 Å². The van der Waals surface area contributed by atoms with E-state index >= 15 is 0 Å². The van der Waals surface area contributed by atoms with Crippen molar-refractivity contribution in [2.75, 3.05) is 0 Å². The highest BCUT2D eigenvalue weighted by Gasteiger charge is 2.43. The van der Waals surface area contributed by atoms with E-state index in [0.29, 0.717) is 22.5 Å². The number of nitrogens with one attached hydrogen (secondary N) is 1. The highest BCUT2D eigenvalue weighted by molar-refractivity contribution is 6.15. The van der Waals surface area contributed by atoms with E-state index in [9.17, 15) is 23.2 Å². The summed E-state index contributed by atoms with van der Waals surface area (Å²) in [5.74, 6) is -3.08. The largest absolute Gasteiger partial charge is 0.352 e. The van der Waals surface area contributed by atoms with Gasteiger partial charge in [0, 0.05) is 30.9 Å². The molecule has 1 aromatic heterocycles. The molecule has 2 unspecified atom stereocenters. The topological polar surface area (TPSA) is 89.0 Å². The Morgan fingerprint density at radius 2 is 1.71 bits per heavy atom. The summed E-state index contributed by atoms with van der Waals surface area (Å²) < 4.78 is 26.5. The summed E-state index contributed by atoms with van der Waals surface area (Å²) >= 11 is 0. The van der Waals surface area contributed by atoms with E-state index in [4.69, 9.17) is 0 Å². The highest BCUT2D eigenvalue weighted by atomic mass is 19.1. The standard InChI is InChI=1S/C26H23F2N3O3/c1-14-6-18(26-30-12-20(28)13-31-26)7-15(2)23(14)24-21(32)9-17(25(24)34)10-22(33)29-11-16-4-3-5-19(27)8-16/h3-8,12-13,17,24H,9-11H2,1-2H3,(H,29,33). The predicted octanol–water partition coefficient (Wildman–Crippen LogP) is 3.99. The number of hydrogen-bond donors (Lipinski definition) is 1. The minimum Gasteiger partial charge on any atom is -0.352 e. The van der Waals surface area contributed by atoms with Crippen molar-refractivity contribution in [3.8, 4) is 11.4 Å².